The molecular formula is C16H14BrFN2O. The third-order valence-corrected chi connectivity index (χ3v) is 4.10. The smallest absolute Gasteiger partial charge is 0.229 e. The van der Waals surface area contributed by atoms with Gasteiger partial charge in [0.1, 0.15) is 5.82 Å². The minimum atomic E-state index is -0.316. The van der Waals surface area contributed by atoms with Gasteiger partial charge in [0.05, 0.1) is 5.92 Å². The normalized spacial score (nSPS) is 16.2. The van der Waals surface area contributed by atoms with Gasteiger partial charge in [-0.3, -0.25) is 4.79 Å². The largest absolute Gasteiger partial charge is 0.384 e. The summed E-state index contributed by atoms with van der Waals surface area (Å²) in [6.07, 6.45) is 0. The molecule has 3 rings (SSSR count). The lowest BCUT2D eigenvalue weighted by Gasteiger charge is -2.12. The van der Waals surface area contributed by atoms with Crippen molar-refractivity contribution < 1.29 is 9.18 Å². The van der Waals surface area contributed by atoms with Crippen molar-refractivity contribution in [2.24, 2.45) is 0 Å². The second-order valence-corrected chi connectivity index (χ2v) is 5.89. The molecule has 5 heteroatoms. The van der Waals surface area contributed by atoms with Gasteiger partial charge in [0, 0.05) is 28.8 Å². The first-order valence-electron chi connectivity index (χ1n) is 6.69. The molecule has 0 aliphatic carbocycles. The van der Waals surface area contributed by atoms with Gasteiger partial charge in [-0.2, -0.15) is 0 Å². The SMILES string of the molecule is O=C(NCc1cc(Br)ccc1F)C1CNc2ccccc21. The maximum Gasteiger partial charge on any atom is 0.229 e. The van der Waals surface area contributed by atoms with Gasteiger partial charge in [-0.25, -0.2) is 4.39 Å². The zero-order valence-corrected chi connectivity index (χ0v) is 12.8. The third kappa shape index (κ3) is 2.93. The number of benzene rings is 2. The number of hydrogen-bond acceptors (Lipinski definition) is 2. The Kier molecular flexibility index (Phi) is 3.92. The quantitative estimate of drug-likeness (QED) is 0.892. The fourth-order valence-electron chi connectivity index (χ4n) is 2.50. The molecular weight excluding hydrogens is 335 g/mol. The number of halogens is 2. The number of hydrogen-bond donors (Lipinski definition) is 2. The summed E-state index contributed by atoms with van der Waals surface area (Å²) in [5.74, 6) is -0.633. The first kappa shape index (κ1) is 14.1. The van der Waals surface area contributed by atoms with Gasteiger partial charge in [-0.05, 0) is 29.8 Å². The molecule has 1 amide bonds. The van der Waals surface area contributed by atoms with E-state index in [1.54, 1.807) is 12.1 Å². The van der Waals surface area contributed by atoms with Crippen LogP contribution in [0, 0.1) is 5.82 Å². The van der Waals surface area contributed by atoms with E-state index in [9.17, 15) is 9.18 Å². The van der Waals surface area contributed by atoms with E-state index in [2.05, 4.69) is 26.6 Å². The number of carbonyl (C=O) groups is 1. The Labute approximate surface area is 130 Å². The summed E-state index contributed by atoms with van der Waals surface area (Å²) in [4.78, 5) is 12.3. The average Bonchev–Trinajstić information content (AvgIpc) is 2.92. The van der Waals surface area contributed by atoms with Crippen LogP contribution in [0.3, 0.4) is 0 Å². The van der Waals surface area contributed by atoms with E-state index >= 15 is 0 Å². The Balaban J connectivity index is 1.69. The Hall–Kier alpha value is -1.88. The number of anilines is 1. The van der Waals surface area contributed by atoms with Crippen LogP contribution in [-0.2, 0) is 11.3 Å². The molecule has 0 saturated heterocycles. The maximum atomic E-state index is 13.7. The molecule has 1 unspecified atom stereocenters. The summed E-state index contributed by atoms with van der Waals surface area (Å²) in [6.45, 7) is 0.759. The fourth-order valence-corrected chi connectivity index (χ4v) is 2.91. The number of carbonyl (C=O) groups excluding carboxylic acids is 1. The summed E-state index contributed by atoms with van der Waals surface area (Å²) >= 11 is 3.30. The van der Waals surface area contributed by atoms with Gasteiger partial charge >= 0.3 is 0 Å². The van der Waals surface area contributed by atoms with Crippen molar-refractivity contribution in [2.45, 2.75) is 12.5 Å². The van der Waals surface area contributed by atoms with Gasteiger partial charge in [-0.15, -0.1) is 0 Å². The van der Waals surface area contributed by atoms with Crippen molar-refractivity contribution in [1.29, 1.82) is 0 Å². The molecule has 1 heterocycles. The Morgan fingerprint density at radius 3 is 3.00 bits per heavy atom. The van der Waals surface area contributed by atoms with Crippen LogP contribution in [0.25, 0.3) is 0 Å². The van der Waals surface area contributed by atoms with Gasteiger partial charge in [0.15, 0.2) is 0 Å². The molecule has 0 radical (unpaired) electrons. The second kappa shape index (κ2) is 5.85. The summed E-state index contributed by atoms with van der Waals surface area (Å²) in [5.41, 5.74) is 2.45. The molecule has 0 bridgehead atoms. The van der Waals surface area contributed by atoms with Crippen LogP contribution in [0.5, 0.6) is 0 Å². The molecule has 2 aromatic carbocycles. The highest BCUT2D eigenvalue weighted by molar-refractivity contribution is 9.10. The van der Waals surface area contributed by atoms with E-state index in [1.165, 1.54) is 6.07 Å². The van der Waals surface area contributed by atoms with E-state index in [0.717, 1.165) is 15.7 Å². The van der Waals surface area contributed by atoms with Crippen LogP contribution in [0.4, 0.5) is 10.1 Å². The maximum absolute atomic E-state index is 13.7. The van der Waals surface area contributed by atoms with Crippen LogP contribution < -0.4 is 10.6 Å². The van der Waals surface area contributed by atoms with Crippen LogP contribution in [0.2, 0.25) is 0 Å². The van der Waals surface area contributed by atoms with Gasteiger partial charge in [0.25, 0.3) is 0 Å². The highest BCUT2D eigenvalue weighted by Gasteiger charge is 2.27. The van der Waals surface area contributed by atoms with Crippen molar-refractivity contribution in [2.75, 3.05) is 11.9 Å². The summed E-state index contributed by atoms with van der Waals surface area (Å²) < 4.78 is 14.4. The zero-order chi connectivity index (χ0) is 14.8. The van der Waals surface area contributed by atoms with Crippen LogP contribution in [0.15, 0.2) is 46.9 Å². The van der Waals surface area contributed by atoms with E-state index in [4.69, 9.17) is 0 Å². The molecule has 21 heavy (non-hydrogen) atoms. The lowest BCUT2D eigenvalue weighted by molar-refractivity contribution is -0.122. The van der Waals surface area contributed by atoms with Crippen LogP contribution in [-0.4, -0.2) is 12.5 Å². The number of rotatable bonds is 3. The number of para-hydroxylation sites is 1. The first-order chi connectivity index (χ1) is 10.1. The Morgan fingerprint density at radius 1 is 1.33 bits per heavy atom. The van der Waals surface area contributed by atoms with Gasteiger partial charge in [-0.1, -0.05) is 34.1 Å². The monoisotopic (exact) mass is 348 g/mol. The molecule has 2 N–H and O–H groups in total. The van der Waals surface area contributed by atoms with Crippen molar-refractivity contribution in [3.05, 3.63) is 63.9 Å². The van der Waals surface area contributed by atoms with Crippen LogP contribution >= 0.6 is 15.9 Å². The van der Waals surface area contributed by atoms with Crippen molar-refractivity contribution in [3.63, 3.8) is 0 Å². The lowest BCUT2D eigenvalue weighted by Crippen LogP contribution is -2.30. The molecule has 1 aliphatic heterocycles. The third-order valence-electron chi connectivity index (χ3n) is 3.61. The minimum Gasteiger partial charge on any atom is -0.384 e. The molecule has 0 aromatic heterocycles. The Bertz CT molecular complexity index is 690. The fraction of sp³-hybridized carbons (Fsp3) is 0.188. The molecule has 1 atom stereocenters. The standard InChI is InChI=1S/C16H14BrFN2O/c17-11-5-6-14(18)10(7-11)8-20-16(21)13-9-19-15-4-2-1-3-12(13)15/h1-7,13,19H,8-9H2,(H,20,21). The van der Waals surface area contributed by atoms with E-state index in [-0.39, 0.29) is 24.2 Å². The van der Waals surface area contributed by atoms with E-state index in [0.29, 0.717) is 12.1 Å². The molecule has 3 nitrogen and oxygen atoms in total. The highest BCUT2D eigenvalue weighted by atomic mass is 79.9. The van der Waals surface area contributed by atoms with E-state index in [1.807, 2.05) is 24.3 Å². The van der Waals surface area contributed by atoms with Crippen molar-refractivity contribution >= 4 is 27.5 Å². The lowest BCUT2D eigenvalue weighted by atomic mass is 10.0. The van der Waals surface area contributed by atoms with Crippen molar-refractivity contribution in [1.82, 2.24) is 5.32 Å². The number of nitrogens with one attached hydrogen (secondary N) is 2. The van der Waals surface area contributed by atoms with Crippen LogP contribution in [0.1, 0.15) is 17.0 Å². The number of amides is 1. The predicted molar refractivity (Wildman–Crippen MR) is 83.6 cm³/mol. The van der Waals surface area contributed by atoms with Gasteiger partial charge in [0.2, 0.25) is 5.91 Å². The topological polar surface area (TPSA) is 41.1 Å². The molecule has 1 aliphatic rings. The summed E-state index contributed by atoms with van der Waals surface area (Å²) in [5, 5.41) is 6.02. The van der Waals surface area contributed by atoms with E-state index < -0.39 is 0 Å². The second-order valence-electron chi connectivity index (χ2n) is 4.97. The number of fused-ring (bicyclic) bond motifs is 1. The minimum absolute atomic E-state index is 0.0909. The molecule has 0 saturated carbocycles. The molecule has 0 spiro atoms. The highest BCUT2D eigenvalue weighted by Crippen LogP contribution is 2.31. The molecule has 108 valence electrons. The molecule has 0 fully saturated rings. The van der Waals surface area contributed by atoms with Gasteiger partial charge < -0.3 is 10.6 Å². The first-order valence-corrected chi connectivity index (χ1v) is 7.49. The molecule has 2 aromatic rings. The average molecular weight is 349 g/mol. The zero-order valence-electron chi connectivity index (χ0n) is 11.2. The Morgan fingerprint density at radius 2 is 2.14 bits per heavy atom. The summed E-state index contributed by atoms with van der Waals surface area (Å²) in [7, 11) is 0. The summed E-state index contributed by atoms with van der Waals surface area (Å²) in [6, 6.07) is 12.4. The van der Waals surface area contributed by atoms with Crippen molar-refractivity contribution in [3.8, 4) is 0 Å². The predicted octanol–water partition coefficient (Wildman–Crippen LogP) is 3.41.